The first-order chi connectivity index (χ1) is 11.7. The van der Waals surface area contributed by atoms with E-state index in [9.17, 15) is 9.59 Å². The summed E-state index contributed by atoms with van der Waals surface area (Å²) in [7, 11) is 0. The van der Waals surface area contributed by atoms with Crippen LogP contribution in [-0.4, -0.2) is 54.3 Å². The SMILES string of the molecule is NCC(C(=O)N1CCN(C(=O)c2ccsc2)CC1)c1ccccc1. The second-order valence-electron chi connectivity index (χ2n) is 5.83. The Bertz CT molecular complexity index is 680. The van der Waals surface area contributed by atoms with E-state index in [0.29, 0.717) is 26.2 Å². The fourth-order valence-electron chi connectivity index (χ4n) is 2.98. The minimum absolute atomic E-state index is 0.0433. The van der Waals surface area contributed by atoms with Crippen molar-refractivity contribution in [1.82, 2.24) is 9.80 Å². The molecule has 1 aliphatic heterocycles. The molecule has 1 unspecified atom stereocenters. The number of hydrogen-bond donors (Lipinski definition) is 1. The van der Waals surface area contributed by atoms with Crippen molar-refractivity contribution in [3.63, 3.8) is 0 Å². The molecule has 2 amide bonds. The summed E-state index contributed by atoms with van der Waals surface area (Å²) in [5.74, 6) is -0.224. The standard InChI is InChI=1S/C18H21N3O2S/c19-12-16(14-4-2-1-3-5-14)18(23)21-9-7-20(8-10-21)17(22)15-6-11-24-13-15/h1-6,11,13,16H,7-10,12,19H2. The van der Waals surface area contributed by atoms with Crippen molar-refractivity contribution in [2.45, 2.75) is 5.92 Å². The van der Waals surface area contributed by atoms with E-state index < -0.39 is 0 Å². The van der Waals surface area contributed by atoms with E-state index in [1.807, 2.05) is 57.0 Å². The lowest BCUT2D eigenvalue weighted by molar-refractivity contribution is -0.134. The number of piperazine rings is 1. The molecule has 1 aliphatic rings. The van der Waals surface area contributed by atoms with E-state index in [4.69, 9.17) is 5.73 Å². The second-order valence-corrected chi connectivity index (χ2v) is 6.61. The summed E-state index contributed by atoms with van der Waals surface area (Å²) in [4.78, 5) is 28.8. The van der Waals surface area contributed by atoms with Gasteiger partial charge in [0.1, 0.15) is 0 Å². The highest BCUT2D eigenvalue weighted by Gasteiger charge is 2.29. The topological polar surface area (TPSA) is 66.6 Å². The summed E-state index contributed by atoms with van der Waals surface area (Å²) in [5.41, 5.74) is 7.51. The molecule has 5 nitrogen and oxygen atoms in total. The Balaban J connectivity index is 1.61. The summed E-state index contributed by atoms with van der Waals surface area (Å²) >= 11 is 1.52. The number of thiophene rings is 1. The van der Waals surface area contributed by atoms with Gasteiger partial charge in [0.15, 0.2) is 0 Å². The van der Waals surface area contributed by atoms with Crippen molar-refractivity contribution in [2.24, 2.45) is 5.73 Å². The third kappa shape index (κ3) is 3.49. The average Bonchev–Trinajstić information content (AvgIpc) is 3.17. The Morgan fingerprint density at radius 2 is 1.71 bits per heavy atom. The monoisotopic (exact) mass is 343 g/mol. The normalized spacial score (nSPS) is 16.0. The summed E-state index contributed by atoms with van der Waals surface area (Å²) < 4.78 is 0. The largest absolute Gasteiger partial charge is 0.339 e. The Morgan fingerprint density at radius 3 is 2.29 bits per heavy atom. The zero-order valence-corrected chi connectivity index (χ0v) is 14.2. The number of carbonyl (C=O) groups excluding carboxylic acids is 2. The van der Waals surface area contributed by atoms with Crippen molar-refractivity contribution >= 4 is 23.2 Å². The van der Waals surface area contributed by atoms with Crippen molar-refractivity contribution in [2.75, 3.05) is 32.7 Å². The van der Waals surface area contributed by atoms with Crippen LogP contribution >= 0.6 is 11.3 Å². The Morgan fingerprint density at radius 1 is 1.04 bits per heavy atom. The van der Waals surface area contributed by atoms with Crippen molar-refractivity contribution in [1.29, 1.82) is 0 Å². The highest BCUT2D eigenvalue weighted by Crippen LogP contribution is 2.19. The molecule has 1 aromatic heterocycles. The molecule has 2 N–H and O–H groups in total. The Labute approximate surface area is 145 Å². The van der Waals surface area contributed by atoms with E-state index in [1.165, 1.54) is 11.3 Å². The first kappa shape index (κ1) is 16.7. The van der Waals surface area contributed by atoms with Crippen LogP contribution in [-0.2, 0) is 4.79 Å². The predicted molar refractivity (Wildman–Crippen MR) is 95.0 cm³/mol. The molecule has 0 saturated carbocycles. The lowest BCUT2D eigenvalue weighted by atomic mass is 9.97. The number of nitrogens with zero attached hydrogens (tertiary/aromatic N) is 2. The highest BCUT2D eigenvalue weighted by molar-refractivity contribution is 7.08. The van der Waals surface area contributed by atoms with Gasteiger partial charge in [-0.25, -0.2) is 0 Å². The minimum atomic E-state index is -0.315. The van der Waals surface area contributed by atoms with Crippen LogP contribution in [0.25, 0.3) is 0 Å². The molecule has 1 aromatic carbocycles. The molecule has 126 valence electrons. The average molecular weight is 343 g/mol. The van der Waals surface area contributed by atoms with Gasteiger partial charge in [0, 0.05) is 38.1 Å². The molecule has 0 aliphatic carbocycles. The van der Waals surface area contributed by atoms with Gasteiger partial charge in [0.2, 0.25) is 5.91 Å². The summed E-state index contributed by atoms with van der Waals surface area (Å²) in [6.45, 7) is 2.52. The molecular formula is C18H21N3O2S. The van der Waals surface area contributed by atoms with Gasteiger partial charge < -0.3 is 15.5 Å². The number of benzene rings is 1. The zero-order valence-electron chi connectivity index (χ0n) is 13.4. The van der Waals surface area contributed by atoms with Gasteiger partial charge in [-0.1, -0.05) is 30.3 Å². The zero-order chi connectivity index (χ0) is 16.9. The maximum absolute atomic E-state index is 12.8. The number of hydrogen-bond acceptors (Lipinski definition) is 4. The molecule has 1 fully saturated rings. The smallest absolute Gasteiger partial charge is 0.254 e. The van der Waals surface area contributed by atoms with Crippen LogP contribution in [0.4, 0.5) is 0 Å². The third-order valence-electron chi connectivity index (χ3n) is 4.38. The molecule has 1 atom stereocenters. The first-order valence-corrected chi connectivity index (χ1v) is 9.00. The van der Waals surface area contributed by atoms with Crippen LogP contribution in [0.2, 0.25) is 0 Å². The van der Waals surface area contributed by atoms with Crippen LogP contribution in [0.3, 0.4) is 0 Å². The maximum atomic E-state index is 12.8. The summed E-state index contributed by atoms with van der Waals surface area (Å²) in [5, 5.41) is 3.76. The lowest BCUT2D eigenvalue weighted by Crippen LogP contribution is -2.52. The van der Waals surface area contributed by atoms with Gasteiger partial charge in [-0.2, -0.15) is 11.3 Å². The Kier molecular flexibility index (Phi) is 5.27. The van der Waals surface area contributed by atoms with Crippen LogP contribution in [0.15, 0.2) is 47.2 Å². The number of rotatable bonds is 4. The maximum Gasteiger partial charge on any atom is 0.254 e. The van der Waals surface area contributed by atoms with Gasteiger partial charge >= 0.3 is 0 Å². The van der Waals surface area contributed by atoms with Crippen LogP contribution in [0.1, 0.15) is 21.8 Å². The number of carbonyl (C=O) groups is 2. The quantitative estimate of drug-likeness (QED) is 0.920. The highest BCUT2D eigenvalue weighted by atomic mass is 32.1. The van der Waals surface area contributed by atoms with E-state index in [2.05, 4.69) is 0 Å². The van der Waals surface area contributed by atoms with Crippen LogP contribution < -0.4 is 5.73 Å². The summed E-state index contributed by atoms with van der Waals surface area (Å²) in [6.07, 6.45) is 0. The van der Waals surface area contributed by atoms with Crippen LogP contribution in [0, 0.1) is 0 Å². The van der Waals surface area contributed by atoms with Gasteiger partial charge in [-0.05, 0) is 17.0 Å². The summed E-state index contributed by atoms with van der Waals surface area (Å²) in [6, 6.07) is 11.5. The molecule has 0 spiro atoms. The third-order valence-corrected chi connectivity index (χ3v) is 5.07. The molecule has 0 radical (unpaired) electrons. The molecule has 6 heteroatoms. The first-order valence-electron chi connectivity index (χ1n) is 8.06. The number of amides is 2. The van der Waals surface area contributed by atoms with E-state index in [0.717, 1.165) is 11.1 Å². The molecule has 2 aromatic rings. The second kappa shape index (κ2) is 7.59. The predicted octanol–water partition coefficient (Wildman–Crippen LogP) is 1.77. The van der Waals surface area contributed by atoms with E-state index in [1.54, 1.807) is 0 Å². The van der Waals surface area contributed by atoms with E-state index in [-0.39, 0.29) is 24.3 Å². The van der Waals surface area contributed by atoms with Crippen molar-refractivity contribution < 1.29 is 9.59 Å². The van der Waals surface area contributed by atoms with Gasteiger partial charge in [-0.3, -0.25) is 9.59 Å². The molecule has 1 saturated heterocycles. The Hall–Kier alpha value is -2.18. The molecule has 3 rings (SSSR count). The van der Waals surface area contributed by atoms with Gasteiger partial charge in [-0.15, -0.1) is 0 Å². The van der Waals surface area contributed by atoms with E-state index >= 15 is 0 Å². The van der Waals surface area contributed by atoms with Gasteiger partial charge in [0.25, 0.3) is 5.91 Å². The molecule has 0 bridgehead atoms. The lowest BCUT2D eigenvalue weighted by Gasteiger charge is -2.36. The van der Waals surface area contributed by atoms with Gasteiger partial charge in [0.05, 0.1) is 11.5 Å². The minimum Gasteiger partial charge on any atom is -0.339 e. The molecule has 2 heterocycles. The van der Waals surface area contributed by atoms with Crippen LogP contribution in [0.5, 0.6) is 0 Å². The molecular weight excluding hydrogens is 322 g/mol. The molecule has 24 heavy (non-hydrogen) atoms. The fraction of sp³-hybridized carbons (Fsp3) is 0.333. The van der Waals surface area contributed by atoms with Crippen molar-refractivity contribution in [3.05, 3.63) is 58.3 Å². The number of nitrogens with two attached hydrogens (primary N) is 1. The fourth-order valence-corrected chi connectivity index (χ4v) is 3.61. The van der Waals surface area contributed by atoms with Crippen molar-refractivity contribution in [3.8, 4) is 0 Å².